The Morgan fingerprint density at radius 3 is 2.73 bits per heavy atom. The fraction of sp³-hybridized carbons (Fsp3) is 0.429. The van der Waals surface area contributed by atoms with Crippen LogP contribution < -0.4 is 5.32 Å². The number of nitrogens with one attached hydrogen (secondary N) is 1. The highest BCUT2D eigenvalue weighted by Gasteiger charge is 2.26. The van der Waals surface area contributed by atoms with E-state index in [2.05, 4.69) is 10.3 Å². The molecular weight excluding hydrogens is 233 g/mol. The minimum atomic E-state index is -4.22. The first-order valence-electron chi connectivity index (χ1n) is 3.88. The summed E-state index contributed by atoms with van der Waals surface area (Å²) in [5.74, 6) is -1.14. The smallest absolute Gasteiger partial charge is 0.390 e. The van der Waals surface area contributed by atoms with Crippen molar-refractivity contribution in [2.45, 2.75) is 12.6 Å². The molecule has 1 aromatic rings. The van der Waals surface area contributed by atoms with Gasteiger partial charge in [-0.2, -0.15) is 13.2 Å². The molecule has 0 aliphatic carbocycles. The third-order valence-corrected chi connectivity index (χ3v) is 2.34. The van der Waals surface area contributed by atoms with Crippen LogP contribution in [0.2, 0.25) is 0 Å². The van der Waals surface area contributed by atoms with Gasteiger partial charge in [-0.25, -0.2) is 9.78 Å². The van der Waals surface area contributed by atoms with Gasteiger partial charge in [-0.15, -0.1) is 0 Å². The molecule has 0 unspecified atom stereocenters. The van der Waals surface area contributed by atoms with Crippen LogP contribution in [0.5, 0.6) is 0 Å². The third-order valence-electron chi connectivity index (χ3n) is 1.40. The van der Waals surface area contributed by atoms with Crippen LogP contribution in [-0.2, 0) is 0 Å². The number of hydrogen-bond acceptors (Lipinski definition) is 4. The standard InChI is InChI=1S/C7H7F3N2O2S/c8-7(9,10)1-2-11-6-12-3-4(15-6)5(13)14/h3H,1-2H2,(H,11,12)(H,13,14). The summed E-state index contributed by atoms with van der Waals surface area (Å²) in [4.78, 5) is 14.0. The van der Waals surface area contributed by atoms with Crippen LogP contribution in [0.15, 0.2) is 6.20 Å². The Morgan fingerprint density at radius 1 is 1.60 bits per heavy atom. The summed E-state index contributed by atoms with van der Waals surface area (Å²) in [6, 6.07) is 0. The van der Waals surface area contributed by atoms with Gasteiger partial charge in [0, 0.05) is 6.54 Å². The molecule has 8 heteroatoms. The molecule has 2 N–H and O–H groups in total. The molecule has 1 heterocycles. The SMILES string of the molecule is O=C(O)c1cnc(NCCC(F)(F)F)s1. The molecular formula is C7H7F3N2O2S. The Hall–Kier alpha value is -1.31. The van der Waals surface area contributed by atoms with Crippen molar-refractivity contribution in [3.05, 3.63) is 11.1 Å². The zero-order valence-electron chi connectivity index (χ0n) is 7.34. The van der Waals surface area contributed by atoms with Crippen LogP contribution in [0.1, 0.15) is 16.1 Å². The first kappa shape index (κ1) is 11.8. The lowest BCUT2D eigenvalue weighted by molar-refractivity contribution is -0.131. The van der Waals surface area contributed by atoms with Crippen LogP contribution >= 0.6 is 11.3 Å². The van der Waals surface area contributed by atoms with E-state index in [1.54, 1.807) is 0 Å². The zero-order chi connectivity index (χ0) is 11.5. The molecule has 0 spiro atoms. The molecule has 1 aromatic heterocycles. The van der Waals surface area contributed by atoms with Crippen molar-refractivity contribution < 1.29 is 23.1 Å². The number of carboxylic acid groups (broad SMARTS) is 1. The normalized spacial score (nSPS) is 11.4. The van der Waals surface area contributed by atoms with E-state index < -0.39 is 18.6 Å². The van der Waals surface area contributed by atoms with Crippen molar-refractivity contribution in [1.82, 2.24) is 4.98 Å². The molecule has 0 saturated heterocycles. The summed E-state index contributed by atoms with van der Waals surface area (Å²) in [6.07, 6.45) is -4.10. The highest BCUT2D eigenvalue weighted by Crippen LogP contribution is 2.21. The molecule has 15 heavy (non-hydrogen) atoms. The Kier molecular flexibility index (Phi) is 3.51. The number of carbonyl (C=O) groups is 1. The predicted molar refractivity (Wildman–Crippen MR) is 48.2 cm³/mol. The van der Waals surface area contributed by atoms with E-state index in [1.807, 2.05) is 0 Å². The van der Waals surface area contributed by atoms with E-state index in [4.69, 9.17) is 5.11 Å². The molecule has 0 saturated carbocycles. The van der Waals surface area contributed by atoms with Gasteiger partial charge >= 0.3 is 12.1 Å². The van der Waals surface area contributed by atoms with E-state index in [-0.39, 0.29) is 16.6 Å². The number of carboxylic acids is 1. The van der Waals surface area contributed by atoms with Crippen LogP contribution in [0, 0.1) is 0 Å². The second-order valence-electron chi connectivity index (χ2n) is 2.63. The predicted octanol–water partition coefficient (Wildman–Crippen LogP) is 2.21. The number of aromatic carboxylic acids is 1. The van der Waals surface area contributed by atoms with Crippen LogP contribution in [0.4, 0.5) is 18.3 Å². The molecule has 0 fully saturated rings. The van der Waals surface area contributed by atoms with Crippen LogP contribution in [0.25, 0.3) is 0 Å². The molecule has 0 aromatic carbocycles. The van der Waals surface area contributed by atoms with Gasteiger partial charge < -0.3 is 10.4 Å². The minimum absolute atomic E-state index is 0.00971. The molecule has 1 rings (SSSR count). The minimum Gasteiger partial charge on any atom is -0.477 e. The molecule has 0 radical (unpaired) electrons. The lowest BCUT2D eigenvalue weighted by Crippen LogP contribution is -2.14. The lowest BCUT2D eigenvalue weighted by atomic mass is 10.4. The topological polar surface area (TPSA) is 62.2 Å². The highest BCUT2D eigenvalue weighted by atomic mass is 32.1. The number of rotatable bonds is 4. The quantitative estimate of drug-likeness (QED) is 0.846. The van der Waals surface area contributed by atoms with Gasteiger partial charge in [-0.1, -0.05) is 11.3 Å². The second kappa shape index (κ2) is 4.47. The van der Waals surface area contributed by atoms with E-state index in [0.29, 0.717) is 0 Å². The summed E-state index contributed by atoms with van der Waals surface area (Å²) >= 11 is 0.802. The summed E-state index contributed by atoms with van der Waals surface area (Å²) < 4.78 is 35.2. The monoisotopic (exact) mass is 240 g/mol. The third kappa shape index (κ3) is 4.15. The number of nitrogens with zero attached hydrogens (tertiary/aromatic N) is 1. The molecule has 0 bridgehead atoms. The highest BCUT2D eigenvalue weighted by molar-refractivity contribution is 7.17. The molecule has 0 aliphatic rings. The van der Waals surface area contributed by atoms with Crippen molar-refractivity contribution in [3.8, 4) is 0 Å². The van der Waals surface area contributed by atoms with Gasteiger partial charge in [0.15, 0.2) is 5.13 Å². The Labute approximate surface area is 86.8 Å². The zero-order valence-corrected chi connectivity index (χ0v) is 8.15. The summed E-state index contributed by atoms with van der Waals surface area (Å²) in [7, 11) is 0. The van der Waals surface area contributed by atoms with Gasteiger partial charge in [0.2, 0.25) is 0 Å². The fourth-order valence-corrected chi connectivity index (χ4v) is 1.45. The maximum Gasteiger partial charge on any atom is 0.390 e. The number of aromatic nitrogens is 1. The Morgan fingerprint density at radius 2 is 2.27 bits per heavy atom. The maximum absolute atomic E-state index is 11.7. The van der Waals surface area contributed by atoms with E-state index in [1.165, 1.54) is 0 Å². The number of alkyl halides is 3. The van der Waals surface area contributed by atoms with E-state index >= 15 is 0 Å². The van der Waals surface area contributed by atoms with Gasteiger partial charge in [0.05, 0.1) is 12.6 Å². The molecule has 84 valence electrons. The van der Waals surface area contributed by atoms with Crippen molar-refractivity contribution >= 4 is 22.4 Å². The fourth-order valence-electron chi connectivity index (χ4n) is 0.766. The molecule has 0 amide bonds. The van der Waals surface area contributed by atoms with E-state index in [0.717, 1.165) is 17.5 Å². The summed E-state index contributed by atoms with van der Waals surface area (Å²) in [5, 5.41) is 11.1. The first-order chi connectivity index (χ1) is 6.88. The van der Waals surface area contributed by atoms with Crippen LogP contribution in [-0.4, -0.2) is 28.8 Å². The average Bonchev–Trinajstić information content (AvgIpc) is 2.50. The largest absolute Gasteiger partial charge is 0.477 e. The number of halogens is 3. The van der Waals surface area contributed by atoms with Crippen molar-refractivity contribution in [2.24, 2.45) is 0 Å². The number of hydrogen-bond donors (Lipinski definition) is 2. The van der Waals surface area contributed by atoms with Gasteiger partial charge in [0.1, 0.15) is 4.88 Å². The number of thiazole rings is 1. The Balaban J connectivity index is 2.41. The van der Waals surface area contributed by atoms with Gasteiger partial charge in [-0.3, -0.25) is 0 Å². The van der Waals surface area contributed by atoms with Crippen molar-refractivity contribution in [2.75, 3.05) is 11.9 Å². The van der Waals surface area contributed by atoms with Gasteiger partial charge in [-0.05, 0) is 0 Å². The first-order valence-corrected chi connectivity index (χ1v) is 4.70. The second-order valence-corrected chi connectivity index (χ2v) is 3.66. The average molecular weight is 240 g/mol. The number of anilines is 1. The molecule has 0 aliphatic heterocycles. The van der Waals surface area contributed by atoms with Crippen LogP contribution in [0.3, 0.4) is 0 Å². The van der Waals surface area contributed by atoms with Crippen molar-refractivity contribution in [3.63, 3.8) is 0 Å². The molecule has 0 atom stereocenters. The summed E-state index contributed by atoms with van der Waals surface area (Å²) in [6.45, 7) is -0.309. The Bertz CT molecular complexity index is 350. The summed E-state index contributed by atoms with van der Waals surface area (Å²) in [5.41, 5.74) is 0. The van der Waals surface area contributed by atoms with E-state index in [9.17, 15) is 18.0 Å². The van der Waals surface area contributed by atoms with Crippen molar-refractivity contribution in [1.29, 1.82) is 0 Å². The lowest BCUT2D eigenvalue weighted by Gasteiger charge is -2.05. The molecule has 4 nitrogen and oxygen atoms in total. The maximum atomic E-state index is 11.7. The van der Waals surface area contributed by atoms with Gasteiger partial charge in [0.25, 0.3) is 0 Å².